The van der Waals surface area contributed by atoms with Gasteiger partial charge in [0, 0.05) is 21.8 Å². The summed E-state index contributed by atoms with van der Waals surface area (Å²) in [6, 6.07) is 16.7. The first kappa shape index (κ1) is 13.6. The molecule has 0 fully saturated rings. The van der Waals surface area contributed by atoms with E-state index in [-0.39, 0.29) is 5.56 Å². The fourth-order valence-corrected chi connectivity index (χ4v) is 2.32. The van der Waals surface area contributed by atoms with Crippen molar-refractivity contribution in [3.63, 3.8) is 0 Å². The van der Waals surface area contributed by atoms with Crippen LogP contribution in [0.2, 0.25) is 0 Å². The van der Waals surface area contributed by atoms with Crippen LogP contribution in [0.5, 0.6) is 0 Å². The number of benzene rings is 2. The van der Waals surface area contributed by atoms with Crippen LogP contribution >= 0.6 is 15.9 Å². The third-order valence-corrected chi connectivity index (χ3v) is 3.60. The van der Waals surface area contributed by atoms with E-state index in [0.717, 1.165) is 15.7 Å². The molecule has 0 amide bonds. The second-order valence-corrected chi connectivity index (χ2v) is 5.38. The molecule has 3 rings (SSSR count). The molecule has 1 aromatic heterocycles. The Morgan fingerprint density at radius 2 is 1.71 bits per heavy atom. The quantitative estimate of drug-likeness (QED) is 0.735. The van der Waals surface area contributed by atoms with Crippen molar-refractivity contribution >= 4 is 21.9 Å². The van der Waals surface area contributed by atoms with Crippen molar-refractivity contribution in [3.05, 3.63) is 70.8 Å². The lowest BCUT2D eigenvalue weighted by molar-refractivity contribution is -0.254. The smallest absolute Gasteiger partial charge is 0.102 e. The van der Waals surface area contributed by atoms with E-state index in [9.17, 15) is 9.90 Å². The highest BCUT2D eigenvalue weighted by Crippen LogP contribution is 2.24. The molecule has 0 N–H and O–H groups in total. The molecule has 5 heteroatoms. The zero-order chi connectivity index (χ0) is 14.8. The number of para-hydroxylation sites is 1. The van der Waals surface area contributed by atoms with Gasteiger partial charge in [0.15, 0.2) is 0 Å². The van der Waals surface area contributed by atoms with Crippen LogP contribution in [0.25, 0.3) is 16.9 Å². The predicted molar refractivity (Wildman–Crippen MR) is 81.0 cm³/mol. The molecule has 0 bridgehead atoms. The first-order valence-corrected chi connectivity index (χ1v) is 7.07. The second kappa shape index (κ2) is 5.54. The Bertz CT molecular complexity index is 780. The minimum atomic E-state index is -1.24. The van der Waals surface area contributed by atoms with E-state index in [4.69, 9.17) is 0 Å². The number of aromatic carboxylic acids is 1. The summed E-state index contributed by atoms with van der Waals surface area (Å²) in [4.78, 5) is 11.3. The maximum Gasteiger partial charge on any atom is 0.102 e. The number of aromatic nitrogens is 2. The van der Waals surface area contributed by atoms with Crippen molar-refractivity contribution in [3.8, 4) is 16.9 Å². The summed E-state index contributed by atoms with van der Waals surface area (Å²) in [6.45, 7) is 0. The average molecular weight is 342 g/mol. The van der Waals surface area contributed by atoms with Crippen LogP contribution in [0.4, 0.5) is 0 Å². The van der Waals surface area contributed by atoms with E-state index in [0.29, 0.717) is 5.69 Å². The number of halogens is 1. The largest absolute Gasteiger partial charge is 0.545 e. The normalized spacial score (nSPS) is 10.5. The third kappa shape index (κ3) is 2.73. The number of hydrogen-bond donors (Lipinski definition) is 0. The van der Waals surface area contributed by atoms with Crippen molar-refractivity contribution < 1.29 is 9.90 Å². The van der Waals surface area contributed by atoms with Gasteiger partial charge in [0.2, 0.25) is 0 Å². The highest BCUT2D eigenvalue weighted by molar-refractivity contribution is 9.10. The van der Waals surface area contributed by atoms with Crippen molar-refractivity contribution in [1.82, 2.24) is 9.78 Å². The van der Waals surface area contributed by atoms with Gasteiger partial charge in [-0.05, 0) is 24.3 Å². The fraction of sp³-hybridized carbons (Fsp3) is 0. The van der Waals surface area contributed by atoms with Crippen LogP contribution in [-0.4, -0.2) is 15.7 Å². The van der Waals surface area contributed by atoms with Crippen molar-refractivity contribution in [2.75, 3.05) is 0 Å². The van der Waals surface area contributed by atoms with Crippen molar-refractivity contribution in [2.45, 2.75) is 0 Å². The van der Waals surface area contributed by atoms with Crippen LogP contribution in [0.3, 0.4) is 0 Å². The van der Waals surface area contributed by atoms with E-state index in [2.05, 4.69) is 21.0 Å². The van der Waals surface area contributed by atoms with Gasteiger partial charge in [-0.1, -0.05) is 46.3 Å². The molecule has 0 saturated heterocycles. The Morgan fingerprint density at radius 3 is 2.33 bits per heavy atom. The molecule has 3 aromatic rings. The average Bonchev–Trinajstić information content (AvgIpc) is 2.94. The van der Waals surface area contributed by atoms with Gasteiger partial charge >= 0.3 is 0 Å². The van der Waals surface area contributed by atoms with E-state index in [1.54, 1.807) is 4.68 Å². The first-order valence-electron chi connectivity index (χ1n) is 6.27. The van der Waals surface area contributed by atoms with Gasteiger partial charge in [-0.3, -0.25) is 0 Å². The maximum absolute atomic E-state index is 11.3. The Balaban J connectivity index is 2.14. The molecule has 0 aliphatic carbocycles. The summed E-state index contributed by atoms with van der Waals surface area (Å²) in [5, 5.41) is 15.7. The Kier molecular flexibility index (Phi) is 3.58. The zero-order valence-electron chi connectivity index (χ0n) is 10.9. The van der Waals surface area contributed by atoms with E-state index >= 15 is 0 Å². The van der Waals surface area contributed by atoms with Crippen molar-refractivity contribution in [1.29, 1.82) is 0 Å². The summed E-state index contributed by atoms with van der Waals surface area (Å²) < 4.78 is 2.46. The van der Waals surface area contributed by atoms with Crippen molar-refractivity contribution in [2.24, 2.45) is 0 Å². The molecule has 0 saturated carbocycles. The Hall–Kier alpha value is -2.40. The lowest BCUT2D eigenvalue weighted by Crippen LogP contribution is -2.22. The highest BCUT2D eigenvalue weighted by atomic mass is 79.9. The molecule has 0 atom stereocenters. The minimum Gasteiger partial charge on any atom is -0.545 e. The third-order valence-electron chi connectivity index (χ3n) is 3.07. The molecular weight excluding hydrogens is 332 g/mol. The highest BCUT2D eigenvalue weighted by Gasteiger charge is 2.13. The number of carbonyl (C=O) groups excluding carboxylic acids is 1. The van der Waals surface area contributed by atoms with Gasteiger partial charge in [-0.25, -0.2) is 4.68 Å². The van der Waals surface area contributed by atoms with Crippen LogP contribution in [0.15, 0.2) is 65.3 Å². The number of hydrogen-bond acceptors (Lipinski definition) is 3. The molecule has 0 radical (unpaired) electrons. The molecule has 4 nitrogen and oxygen atoms in total. The molecule has 104 valence electrons. The van der Waals surface area contributed by atoms with E-state index in [1.807, 2.05) is 54.6 Å². The van der Waals surface area contributed by atoms with Gasteiger partial charge in [0.25, 0.3) is 0 Å². The Morgan fingerprint density at radius 1 is 1.05 bits per heavy atom. The van der Waals surface area contributed by atoms with Gasteiger partial charge < -0.3 is 9.90 Å². The SMILES string of the molecule is O=C([O-])c1cn(-c2ccccc2)nc1-c1ccc(Br)cc1. The molecule has 0 unspecified atom stereocenters. The van der Waals surface area contributed by atoms with Gasteiger partial charge in [-0.2, -0.15) is 5.10 Å². The zero-order valence-corrected chi connectivity index (χ0v) is 12.4. The summed E-state index contributed by atoms with van der Waals surface area (Å²) in [7, 11) is 0. The first-order chi connectivity index (χ1) is 10.1. The van der Waals surface area contributed by atoms with Crippen LogP contribution in [-0.2, 0) is 0 Å². The van der Waals surface area contributed by atoms with Gasteiger partial charge in [0.05, 0.1) is 11.7 Å². The molecular formula is C16H10BrN2O2-. The summed E-state index contributed by atoms with van der Waals surface area (Å²) in [5.74, 6) is -1.24. The topological polar surface area (TPSA) is 57.9 Å². The second-order valence-electron chi connectivity index (χ2n) is 4.47. The number of nitrogens with zero attached hydrogens (tertiary/aromatic N) is 2. The number of carboxylic acids is 1. The van der Waals surface area contributed by atoms with Gasteiger partial charge in [0.1, 0.15) is 5.69 Å². The molecule has 0 aliphatic heterocycles. The van der Waals surface area contributed by atoms with Crippen LogP contribution in [0.1, 0.15) is 10.4 Å². The predicted octanol–water partition coefficient (Wildman–Crippen LogP) is 2.67. The summed E-state index contributed by atoms with van der Waals surface area (Å²) in [6.07, 6.45) is 1.47. The standard InChI is InChI=1S/C16H11BrN2O2/c17-12-8-6-11(7-9-12)15-14(16(20)21)10-19(18-15)13-4-2-1-3-5-13/h1-10H,(H,20,21)/p-1. The molecule has 0 aliphatic rings. The van der Waals surface area contributed by atoms with E-state index in [1.165, 1.54) is 6.20 Å². The minimum absolute atomic E-state index is 0.0705. The molecule has 0 spiro atoms. The monoisotopic (exact) mass is 341 g/mol. The summed E-state index contributed by atoms with van der Waals surface area (Å²) in [5.41, 5.74) is 1.99. The van der Waals surface area contributed by atoms with Gasteiger partial charge in [-0.15, -0.1) is 0 Å². The molecule has 21 heavy (non-hydrogen) atoms. The molecule has 1 heterocycles. The fourth-order valence-electron chi connectivity index (χ4n) is 2.06. The number of carbonyl (C=O) groups is 1. The number of carboxylic acid groups (broad SMARTS) is 1. The molecule has 2 aromatic carbocycles. The lowest BCUT2D eigenvalue weighted by atomic mass is 10.1. The maximum atomic E-state index is 11.3. The Labute approximate surface area is 129 Å². The van der Waals surface area contributed by atoms with E-state index < -0.39 is 5.97 Å². The van der Waals surface area contributed by atoms with Crippen LogP contribution in [0, 0.1) is 0 Å². The lowest BCUT2D eigenvalue weighted by Gasteiger charge is -2.02. The summed E-state index contributed by atoms with van der Waals surface area (Å²) >= 11 is 3.35. The number of rotatable bonds is 3. The van der Waals surface area contributed by atoms with Crippen LogP contribution < -0.4 is 5.11 Å².